The summed E-state index contributed by atoms with van der Waals surface area (Å²) in [6, 6.07) is 11.3. The molecule has 0 atom stereocenters. The molecule has 1 aliphatic heterocycles. The SMILES string of the molecule is O=C(NCC(=O)N1CCN(S(=O)(=O)c2ccc(F)cc2F)CC1)OCc1ccccc1. The van der Waals surface area contributed by atoms with Crippen LogP contribution < -0.4 is 5.32 Å². The number of carbonyl (C=O) groups is 2. The molecule has 1 saturated heterocycles. The summed E-state index contributed by atoms with van der Waals surface area (Å²) in [5, 5.41) is 2.36. The Morgan fingerprint density at radius 3 is 2.32 bits per heavy atom. The summed E-state index contributed by atoms with van der Waals surface area (Å²) in [7, 11) is -4.15. The van der Waals surface area contributed by atoms with Gasteiger partial charge in [0.2, 0.25) is 15.9 Å². The van der Waals surface area contributed by atoms with Crippen molar-refractivity contribution in [1.29, 1.82) is 0 Å². The van der Waals surface area contributed by atoms with E-state index in [-0.39, 0.29) is 39.3 Å². The third kappa shape index (κ3) is 5.76. The van der Waals surface area contributed by atoms with Crippen LogP contribution in [0.1, 0.15) is 5.56 Å². The molecular weight excluding hydrogens is 432 g/mol. The molecule has 0 saturated carbocycles. The van der Waals surface area contributed by atoms with Gasteiger partial charge in [-0.1, -0.05) is 30.3 Å². The lowest BCUT2D eigenvalue weighted by Crippen LogP contribution is -2.52. The smallest absolute Gasteiger partial charge is 0.407 e. The van der Waals surface area contributed by atoms with Crippen LogP contribution in [-0.4, -0.2) is 62.3 Å². The Morgan fingerprint density at radius 1 is 1.00 bits per heavy atom. The molecule has 0 bridgehead atoms. The number of ether oxygens (including phenoxy) is 1. The zero-order valence-electron chi connectivity index (χ0n) is 16.5. The summed E-state index contributed by atoms with van der Waals surface area (Å²) in [5.41, 5.74) is 0.805. The van der Waals surface area contributed by atoms with Crippen LogP contribution in [0.15, 0.2) is 53.4 Å². The number of nitrogens with one attached hydrogen (secondary N) is 1. The lowest BCUT2D eigenvalue weighted by molar-refractivity contribution is -0.131. The Hall–Kier alpha value is -3.05. The number of hydrogen-bond acceptors (Lipinski definition) is 5. The van der Waals surface area contributed by atoms with E-state index in [1.54, 1.807) is 12.1 Å². The van der Waals surface area contributed by atoms with Gasteiger partial charge in [0, 0.05) is 32.2 Å². The lowest BCUT2D eigenvalue weighted by atomic mass is 10.2. The summed E-state index contributed by atoms with van der Waals surface area (Å²) in [4.78, 5) is 24.8. The number of alkyl carbamates (subject to hydrolysis) is 1. The van der Waals surface area contributed by atoms with Crippen LogP contribution >= 0.6 is 0 Å². The van der Waals surface area contributed by atoms with Gasteiger partial charge in [-0.25, -0.2) is 22.0 Å². The fourth-order valence-corrected chi connectivity index (χ4v) is 4.50. The zero-order valence-corrected chi connectivity index (χ0v) is 17.3. The molecule has 1 N–H and O–H groups in total. The second-order valence-electron chi connectivity index (χ2n) is 6.77. The first-order chi connectivity index (χ1) is 14.8. The van der Waals surface area contributed by atoms with Gasteiger partial charge in [0.25, 0.3) is 0 Å². The van der Waals surface area contributed by atoms with E-state index < -0.39 is 38.6 Å². The van der Waals surface area contributed by atoms with Crippen LogP contribution in [0.4, 0.5) is 13.6 Å². The van der Waals surface area contributed by atoms with Crippen molar-refractivity contribution < 1.29 is 31.5 Å². The van der Waals surface area contributed by atoms with Gasteiger partial charge in [-0.3, -0.25) is 4.79 Å². The third-order valence-corrected chi connectivity index (χ3v) is 6.63. The second kappa shape index (κ2) is 9.84. The molecule has 166 valence electrons. The quantitative estimate of drug-likeness (QED) is 0.719. The number of carbonyl (C=O) groups excluding carboxylic acids is 2. The molecule has 2 aromatic carbocycles. The molecule has 1 fully saturated rings. The van der Waals surface area contributed by atoms with Crippen molar-refractivity contribution in [2.24, 2.45) is 0 Å². The molecular formula is C20H21F2N3O5S. The molecule has 2 amide bonds. The highest BCUT2D eigenvalue weighted by atomic mass is 32.2. The maximum Gasteiger partial charge on any atom is 0.407 e. The predicted octanol–water partition coefficient (Wildman–Crippen LogP) is 1.72. The number of halogens is 2. The van der Waals surface area contributed by atoms with Gasteiger partial charge in [0.05, 0.1) is 0 Å². The molecule has 8 nitrogen and oxygen atoms in total. The molecule has 1 aliphatic rings. The van der Waals surface area contributed by atoms with Gasteiger partial charge in [0.1, 0.15) is 29.7 Å². The largest absolute Gasteiger partial charge is 0.445 e. The monoisotopic (exact) mass is 453 g/mol. The van der Waals surface area contributed by atoms with Crippen molar-refractivity contribution in [3.63, 3.8) is 0 Å². The maximum atomic E-state index is 13.9. The van der Waals surface area contributed by atoms with Crippen molar-refractivity contribution in [2.75, 3.05) is 32.7 Å². The molecule has 0 radical (unpaired) electrons. The maximum absolute atomic E-state index is 13.9. The van der Waals surface area contributed by atoms with Crippen molar-refractivity contribution in [2.45, 2.75) is 11.5 Å². The number of piperazine rings is 1. The Balaban J connectivity index is 1.46. The van der Waals surface area contributed by atoms with Crippen LogP contribution in [0.5, 0.6) is 0 Å². The van der Waals surface area contributed by atoms with Crippen molar-refractivity contribution in [3.05, 3.63) is 65.7 Å². The number of benzene rings is 2. The van der Waals surface area contributed by atoms with E-state index in [0.717, 1.165) is 22.0 Å². The minimum absolute atomic E-state index is 0.0522. The summed E-state index contributed by atoms with van der Waals surface area (Å²) in [6.45, 7) is -0.194. The Kier molecular flexibility index (Phi) is 7.18. The van der Waals surface area contributed by atoms with E-state index in [0.29, 0.717) is 6.07 Å². The first kappa shape index (κ1) is 22.6. The average molecular weight is 453 g/mol. The fourth-order valence-electron chi connectivity index (χ4n) is 3.04. The molecule has 31 heavy (non-hydrogen) atoms. The van der Waals surface area contributed by atoms with Crippen molar-refractivity contribution in [3.8, 4) is 0 Å². The summed E-state index contributed by atoms with van der Waals surface area (Å²) < 4.78 is 58.2. The molecule has 0 spiro atoms. The van der Waals surface area contributed by atoms with Crippen molar-refractivity contribution in [1.82, 2.24) is 14.5 Å². The molecule has 1 heterocycles. The third-order valence-electron chi connectivity index (χ3n) is 4.70. The molecule has 0 aromatic heterocycles. The lowest BCUT2D eigenvalue weighted by Gasteiger charge is -2.34. The van der Waals surface area contributed by atoms with Gasteiger partial charge < -0.3 is 15.0 Å². The number of nitrogens with zero attached hydrogens (tertiary/aromatic N) is 2. The number of hydrogen-bond donors (Lipinski definition) is 1. The van der Waals surface area contributed by atoms with Crippen LogP contribution in [0.25, 0.3) is 0 Å². The molecule has 0 unspecified atom stereocenters. The number of rotatable bonds is 6. The topological polar surface area (TPSA) is 96.0 Å². The second-order valence-corrected chi connectivity index (χ2v) is 8.68. The highest BCUT2D eigenvalue weighted by Gasteiger charge is 2.32. The standard InChI is InChI=1S/C20H21F2N3O5S/c21-16-6-7-18(17(22)12-16)31(28,29)25-10-8-24(9-11-25)19(26)13-23-20(27)30-14-15-4-2-1-3-5-15/h1-7,12H,8-11,13-14H2,(H,23,27). The highest BCUT2D eigenvalue weighted by Crippen LogP contribution is 2.21. The average Bonchev–Trinajstić information content (AvgIpc) is 2.76. The predicted molar refractivity (Wildman–Crippen MR) is 106 cm³/mol. The molecule has 2 aromatic rings. The van der Waals surface area contributed by atoms with Gasteiger partial charge in [-0.05, 0) is 17.7 Å². The zero-order chi connectivity index (χ0) is 22.4. The van der Waals surface area contributed by atoms with Crippen LogP contribution in [0, 0.1) is 11.6 Å². The Labute approximate surface area is 178 Å². The van der Waals surface area contributed by atoms with Gasteiger partial charge in [0.15, 0.2) is 0 Å². The van der Waals surface area contributed by atoms with E-state index in [9.17, 15) is 26.8 Å². The van der Waals surface area contributed by atoms with E-state index in [4.69, 9.17) is 4.74 Å². The normalized spacial score (nSPS) is 14.8. The van der Waals surface area contributed by atoms with E-state index >= 15 is 0 Å². The summed E-state index contributed by atoms with van der Waals surface area (Å²) in [6.07, 6.45) is -0.745. The van der Waals surface area contributed by atoms with Gasteiger partial charge >= 0.3 is 6.09 Å². The number of sulfonamides is 1. The van der Waals surface area contributed by atoms with Gasteiger partial charge in [-0.2, -0.15) is 4.31 Å². The summed E-state index contributed by atoms with van der Waals surface area (Å²) >= 11 is 0. The first-order valence-corrected chi connectivity index (χ1v) is 10.9. The summed E-state index contributed by atoms with van der Waals surface area (Å²) in [5.74, 6) is -2.44. The van der Waals surface area contributed by atoms with Crippen molar-refractivity contribution >= 4 is 22.0 Å². The highest BCUT2D eigenvalue weighted by molar-refractivity contribution is 7.89. The fraction of sp³-hybridized carbons (Fsp3) is 0.300. The van der Waals surface area contributed by atoms with E-state index in [1.807, 2.05) is 18.2 Å². The van der Waals surface area contributed by atoms with Crippen LogP contribution in [0.2, 0.25) is 0 Å². The minimum atomic E-state index is -4.15. The minimum Gasteiger partial charge on any atom is -0.445 e. The van der Waals surface area contributed by atoms with Crippen LogP contribution in [-0.2, 0) is 26.2 Å². The van der Waals surface area contributed by atoms with Gasteiger partial charge in [-0.15, -0.1) is 0 Å². The Morgan fingerprint density at radius 2 is 1.68 bits per heavy atom. The number of amides is 2. The molecule has 3 rings (SSSR count). The molecule has 0 aliphatic carbocycles. The van der Waals surface area contributed by atoms with Crippen LogP contribution in [0.3, 0.4) is 0 Å². The first-order valence-electron chi connectivity index (χ1n) is 9.45. The van der Waals surface area contributed by atoms with E-state index in [1.165, 1.54) is 4.90 Å². The van der Waals surface area contributed by atoms with E-state index in [2.05, 4.69) is 5.32 Å². The Bertz CT molecular complexity index is 1040. The molecule has 11 heteroatoms.